The van der Waals surface area contributed by atoms with Crippen LogP contribution >= 0.6 is 0 Å². The SMILES string of the molecule is CCOC(=O)N(CC1CCC2CC1C2(C)C)CC1(O)CCC2c3ccc(cc3C(=O)c3ccco3)CC(O)CCC(C)=CCCC21C. The van der Waals surface area contributed by atoms with E-state index in [2.05, 4.69) is 33.8 Å². The van der Waals surface area contributed by atoms with Crippen molar-refractivity contribution in [3.05, 3.63) is 70.7 Å². The highest BCUT2D eigenvalue weighted by atomic mass is 16.6. The molecule has 8 rings (SSSR count). The Labute approximate surface area is 280 Å². The Hall–Kier alpha value is -2.90. The summed E-state index contributed by atoms with van der Waals surface area (Å²) in [4.78, 5) is 29.4. The molecular formula is C40H55NO6. The first-order valence-electron chi connectivity index (χ1n) is 18.0. The molecule has 7 nitrogen and oxygen atoms in total. The van der Waals surface area contributed by atoms with Crippen LogP contribution in [0.2, 0.25) is 0 Å². The molecule has 47 heavy (non-hydrogen) atoms. The summed E-state index contributed by atoms with van der Waals surface area (Å²) in [5.74, 6) is 1.71. The molecule has 1 aromatic heterocycles. The summed E-state index contributed by atoms with van der Waals surface area (Å²) in [6.45, 7) is 12.0. The van der Waals surface area contributed by atoms with Crippen molar-refractivity contribution in [1.82, 2.24) is 4.90 Å². The number of carbonyl (C=O) groups excluding carboxylic acids is 2. The number of furan rings is 1. The van der Waals surface area contributed by atoms with Crippen molar-refractivity contribution >= 4 is 11.9 Å². The standard InChI is InChI=1S/C40H55NO6/c1-6-46-37(44)41(24-28-13-14-29-23-34(28)38(29,3)4)25-40(45)19-17-33-31-16-12-27(22-32(31)36(43)35-10-8-20-47-35)21-30(42)15-11-26(2)9-7-18-39(33,40)5/h8-10,12,16,20,22,28-30,33-34,42,45H,6-7,11,13-15,17-19,21,23-25H2,1-5H3. The third kappa shape index (κ3) is 6.35. The number of hydrogen-bond acceptors (Lipinski definition) is 6. The van der Waals surface area contributed by atoms with E-state index in [1.165, 1.54) is 24.7 Å². The predicted octanol–water partition coefficient (Wildman–Crippen LogP) is 8.08. The zero-order chi connectivity index (χ0) is 33.6. The molecule has 6 aliphatic rings. The number of fused-ring (bicyclic) bond motifs is 10. The Morgan fingerprint density at radius 2 is 1.89 bits per heavy atom. The fourth-order valence-electron chi connectivity index (χ4n) is 9.94. The Morgan fingerprint density at radius 1 is 1.09 bits per heavy atom. The van der Waals surface area contributed by atoms with Gasteiger partial charge < -0.3 is 24.3 Å². The summed E-state index contributed by atoms with van der Waals surface area (Å²) >= 11 is 0. The van der Waals surface area contributed by atoms with Gasteiger partial charge in [-0.15, -0.1) is 0 Å². The van der Waals surface area contributed by atoms with E-state index in [1.807, 2.05) is 30.0 Å². The van der Waals surface area contributed by atoms with Gasteiger partial charge in [0.1, 0.15) is 0 Å². The van der Waals surface area contributed by atoms with Gasteiger partial charge in [-0.2, -0.15) is 0 Å². The van der Waals surface area contributed by atoms with E-state index in [1.54, 1.807) is 12.1 Å². The van der Waals surface area contributed by atoms with Crippen molar-refractivity contribution in [2.24, 2.45) is 28.6 Å². The molecule has 4 fully saturated rings. The van der Waals surface area contributed by atoms with Gasteiger partial charge in [-0.25, -0.2) is 4.79 Å². The number of benzene rings is 1. The number of aliphatic hydroxyl groups is 2. The van der Waals surface area contributed by atoms with Crippen molar-refractivity contribution in [2.75, 3.05) is 19.7 Å². The molecule has 0 saturated heterocycles. The van der Waals surface area contributed by atoms with E-state index < -0.39 is 17.1 Å². The maximum Gasteiger partial charge on any atom is 0.409 e. The summed E-state index contributed by atoms with van der Waals surface area (Å²) in [6.07, 6.45) is 11.0. The topological polar surface area (TPSA) is 100 Å². The van der Waals surface area contributed by atoms with Gasteiger partial charge in [0.25, 0.3) is 0 Å². The Bertz CT molecular complexity index is 1480. The van der Waals surface area contributed by atoms with Gasteiger partial charge in [-0.1, -0.05) is 44.6 Å². The molecule has 4 saturated carbocycles. The lowest BCUT2D eigenvalue weighted by atomic mass is 9.45. The van der Waals surface area contributed by atoms with Crippen LogP contribution in [0, 0.1) is 28.6 Å². The van der Waals surface area contributed by atoms with Crippen molar-refractivity contribution in [3.63, 3.8) is 0 Å². The van der Waals surface area contributed by atoms with Gasteiger partial charge in [0, 0.05) is 17.5 Å². The molecule has 2 N–H and O–H groups in total. The normalized spacial score (nSPS) is 33.3. The zero-order valence-electron chi connectivity index (χ0n) is 29.1. The van der Waals surface area contributed by atoms with Gasteiger partial charge in [0.15, 0.2) is 5.76 Å². The largest absolute Gasteiger partial charge is 0.461 e. The minimum atomic E-state index is -1.19. The van der Waals surface area contributed by atoms with Gasteiger partial charge >= 0.3 is 6.09 Å². The van der Waals surface area contributed by atoms with Crippen LogP contribution in [0.1, 0.15) is 126 Å². The van der Waals surface area contributed by atoms with Crippen LogP contribution in [0.15, 0.2) is 52.7 Å². The molecule has 1 amide bonds. The highest BCUT2D eigenvalue weighted by Gasteiger charge is 2.59. The van der Waals surface area contributed by atoms with E-state index in [9.17, 15) is 19.8 Å². The molecule has 7 unspecified atom stereocenters. The molecule has 0 aliphatic heterocycles. The van der Waals surface area contributed by atoms with E-state index in [0.29, 0.717) is 68.1 Å². The molecule has 1 aromatic carbocycles. The third-order valence-electron chi connectivity index (χ3n) is 13.1. The predicted molar refractivity (Wildman–Crippen MR) is 182 cm³/mol. The molecule has 256 valence electrons. The number of hydrogen-bond donors (Lipinski definition) is 2. The molecular weight excluding hydrogens is 590 g/mol. The highest BCUT2D eigenvalue weighted by molar-refractivity contribution is 6.08. The van der Waals surface area contributed by atoms with Gasteiger partial charge in [0.05, 0.1) is 31.1 Å². The fourth-order valence-corrected chi connectivity index (χ4v) is 9.94. The third-order valence-corrected chi connectivity index (χ3v) is 13.1. The zero-order valence-corrected chi connectivity index (χ0v) is 29.1. The van der Waals surface area contributed by atoms with Crippen molar-refractivity contribution in [3.8, 4) is 0 Å². The Kier molecular flexibility index (Phi) is 9.54. The summed E-state index contributed by atoms with van der Waals surface area (Å²) < 4.78 is 11.2. The van der Waals surface area contributed by atoms with E-state index in [-0.39, 0.29) is 30.1 Å². The van der Waals surface area contributed by atoms with Gasteiger partial charge in [-0.3, -0.25) is 4.79 Å². The number of allylic oxidation sites excluding steroid dienone is 2. The Morgan fingerprint density at radius 3 is 2.60 bits per heavy atom. The minimum absolute atomic E-state index is 0.123. The smallest absolute Gasteiger partial charge is 0.409 e. The van der Waals surface area contributed by atoms with Crippen molar-refractivity contribution in [2.45, 2.75) is 116 Å². The maximum atomic E-state index is 14.0. The van der Waals surface area contributed by atoms with Crippen LogP contribution in [0.5, 0.6) is 0 Å². The molecule has 0 radical (unpaired) electrons. The summed E-state index contributed by atoms with van der Waals surface area (Å²) in [5, 5.41) is 23.8. The molecule has 0 spiro atoms. The van der Waals surface area contributed by atoms with Crippen LogP contribution in [0.4, 0.5) is 4.79 Å². The first-order chi connectivity index (χ1) is 22.4. The second-order valence-corrected chi connectivity index (χ2v) is 16.0. The molecule has 7 atom stereocenters. The second kappa shape index (κ2) is 13.2. The summed E-state index contributed by atoms with van der Waals surface area (Å²) in [6, 6.07) is 9.42. The summed E-state index contributed by atoms with van der Waals surface area (Å²) in [7, 11) is 0. The number of ether oxygens (including phenoxy) is 1. The quantitative estimate of drug-likeness (QED) is 0.233. The summed E-state index contributed by atoms with van der Waals surface area (Å²) in [5.41, 5.74) is 2.09. The van der Waals surface area contributed by atoms with Crippen molar-refractivity contribution < 1.29 is 29.0 Å². The van der Waals surface area contributed by atoms with Crippen LogP contribution < -0.4 is 0 Å². The van der Waals surface area contributed by atoms with Crippen LogP contribution in [-0.2, 0) is 11.2 Å². The molecule has 2 aromatic rings. The second-order valence-electron chi connectivity index (χ2n) is 16.0. The van der Waals surface area contributed by atoms with E-state index in [0.717, 1.165) is 36.3 Å². The van der Waals surface area contributed by atoms with Crippen LogP contribution in [-0.4, -0.2) is 58.4 Å². The molecule has 7 heteroatoms. The lowest BCUT2D eigenvalue weighted by molar-refractivity contribution is -0.120. The maximum absolute atomic E-state index is 14.0. The Balaban J connectivity index is 1.38. The number of nitrogens with zero attached hydrogens (tertiary/aromatic N) is 1. The highest BCUT2D eigenvalue weighted by Crippen LogP contribution is 2.62. The van der Waals surface area contributed by atoms with Gasteiger partial charge in [-0.05, 0) is 136 Å². The first kappa shape index (κ1) is 34.0. The number of carbonyl (C=O) groups is 2. The monoisotopic (exact) mass is 645 g/mol. The van der Waals surface area contributed by atoms with E-state index in [4.69, 9.17) is 9.15 Å². The molecule has 1 heterocycles. The lowest BCUT2D eigenvalue weighted by Crippen LogP contribution is -2.58. The fraction of sp³-hybridized carbons (Fsp3) is 0.650. The van der Waals surface area contributed by atoms with E-state index >= 15 is 0 Å². The minimum Gasteiger partial charge on any atom is -0.461 e. The van der Waals surface area contributed by atoms with Crippen molar-refractivity contribution in [1.29, 1.82) is 0 Å². The first-order valence-corrected chi connectivity index (χ1v) is 18.0. The molecule has 4 bridgehead atoms. The van der Waals surface area contributed by atoms with Crippen LogP contribution in [0.3, 0.4) is 0 Å². The van der Waals surface area contributed by atoms with Gasteiger partial charge in [0.2, 0.25) is 5.78 Å². The number of amides is 1. The van der Waals surface area contributed by atoms with Crippen LogP contribution in [0.25, 0.3) is 0 Å². The number of aliphatic hydroxyl groups excluding tert-OH is 1. The molecule has 6 aliphatic carbocycles. The lowest BCUT2D eigenvalue weighted by Gasteiger charge is -2.60. The number of rotatable bonds is 7. The number of ketones is 1. The average Bonchev–Trinajstić information content (AvgIpc) is 3.66. The average molecular weight is 646 g/mol.